The van der Waals surface area contributed by atoms with E-state index in [1.54, 1.807) is 12.1 Å². The fraction of sp³-hybridized carbons (Fsp3) is 0. The third-order valence-corrected chi connectivity index (χ3v) is 2.64. The number of nitriles is 1. The minimum absolute atomic E-state index is 0.156. The van der Waals surface area contributed by atoms with Crippen LogP contribution in [-0.2, 0) is 0 Å². The molecule has 0 saturated carbocycles. The summed E-state index contributed by atoms with van der Waals surface area (Å²) < 4.78 is 19.1. The smallest absolute Gasteiger partial charge is 0.183 e. The highest BCUT2D eigenvalue weighted by Gasteiger charge is 2.08. The van der Waals surface area contributed by atoms with Gasteiger partial charge in [0.2, 0.25) is 0 Å². The third kappa shape index (κ3) is 2.60. The highest BCUT2D eigenvalue weighted by molar-refractivity contribution is 9.10. The predicted octanol–water partition coefficient (Wildman–Crippen LogP) is 3.65. The summed E-state index contributed by atoms with van der Waals surface area (Å²) in [6.45, 7) is 0. The molecule has 5 heteroatoms. The average molecular weight is 293 g/mol. The van der Waals surface area contributed by atoms with E-state index in [2.05, 4.69) is 20.9 Å². The van der Waals surface area contributed by atoms with Crippen molar-refractivity contribution < 1.29 is 9.13 Å². The zero-order chi connectivity index (χ0) is 12.3. The van der Waals surface area contributed by atoms with E-state index in [4.69, 9.17) is 10.00 Å². The van der Waals surface area contributed by atoms with Gasteiger partial charge in [-0.2, -0.15) is 5.26 Å². The van der Waals surface area contributed by atoms with E-state index in [1.807, 2.05) is 6.07 Å². The number of benzene rings is 1. The van der Waals surface area contributed by atoms with Crippen molar-refractivity contribution in [3.8, 4) is 17.6 Å². The third-order valence-electron chi connectivity index (χ3n) is 1.99. The summed E-state index contributed by atoms with van der Waals surface area (Å²) in [5.74, 6) is 0.182. The fourth-order valence-corrected chi connectivity index (χ4v) is 1.56. The topological polar surface area (TPSA) is 45.9 Å². The fourth-order valence-electron chi connectivity index (χ4n) is 1.23. The molecule has 0 unspecified atom stereocenters. The molecule has 2 aromatic rings. The zero-order valence-electron chi connectivity index (χ0n) is 8.52. The Morgan fingerprint density at radius 2 is 2.12 bits per heavy atom. The number of ether oxygens (including phenoxy) is 1. The monoisotopic (exact) mass is 292 g/mol. The molecule has 0 aliphatic rings. The molecule has 17 heavy (non-hydrogen) atoms. The first-order chi connectivity index (χ1) is 8.20. The molecule has 1 heterocycles. The molecule has 0 fully saturated rings. The highest BCUT2D eigenvalue weighted by Crippen LogP contribution is 2.31. The minimum Gasteiger partial charge on any atom is -0.453 e. The Kier molecular flexibility index (Phi) is 3.35. The summed E-state index contributed by atoms with van der Waals surface area (Å²) in [5.41, 5.74) is 0.156. The van der Waals surface area contributed by atoms with Gasteiger partial charge in [-0.25, -0.2) is 9.37 Å². The summed E-state index contributed by atoms with van der Waals surface area (Å²) >= 11 is 3.24. The number of pyridine rings is 1. The Bertz CT molecular complexity index is 595. The number of hydrogen-bond donors (Lipinski definition) is 0. The molecule has 84 valence electrons. The van der Waals surface area contributed by atoms with Gasteiger partial charge in [0.25, 0.3) is 0 Å². The van der Waals surface area contributed by atoms with E-state index in [0.29, 0.717) is 16.0 Å². The molecule has 0 amide bonds. The second kappa shape index (κ2) is 4.93. The highest BCUT2D eigenvalue weighted by atomic mass is 79.9. The summed E-state index contributed by atoms with van der Waals surface area (Å²) in [6.07, 6.45) is 1.49. The lowest BCUT2D eigenvalue weighted by Gasteiger charge is -2.08. The van der Waals surface area contributed by atoms with Gasteiger partial charge >= 0.3 is 0 Å². The Morgan fingerprint density at radius 3 is 2.88 bits per heavy atom. The lowest BCUT2D eigenvalue weighted by Crippen LogP contribution is -1.92. The maximum atomic E-state index is 13.1. The largest absolute Gasteiger partial charge is 0.453 e. The molecule has 1 aromatic heterocycles. The van der Waals surface area contributed by atoms with Gasteiger partial charge in [-0.3, -0.25) is 0 Å². The van der Waals surface area contributed by atoms with Crippen LogP contribution in [0.5, 0.6) is 11.5 Å². The van der Waals surface area contributed by atoms with Crippen LogP contribution < -0.4 is 4.74 Å². The van der Waals surface area contributed by atoms with E-state index in [0.717, 1.165) is 0 Å². The van der Waals surface area contributed by atoms with Crippen molar-refractivity contribution in [1.82, 2.24) is 4.98 Å². The standard InChI is InChI=1S/C12H6BrFN2O/c13-9-4-3-8(14)6-12(9)17-11-2-1-5-16-10(11)7-15/h1-6H. The van der Waals surface area contributed by atoms with Crippen LogP contribution in [0.15, 0.2) is 41.0 Å². The molecule has 0 saturated heterocycles. The van der Waals surface area contributed by atoms with E-state index in [-0.39, 0.29) is 5.69 Å². The van der Waals surface area contributed by atoms with Crippen LogP contribution >= 0.6 is 15.9 Å². The van der Waals surface area contributed by atoms with Crippen LogP contribution in [0.25, 0.3) is 0 Å². The molecule has 0 atom stereocenters. The molecule has 0 spiro atoms. The van der Waals surface area contributed by atoms with Crippen LogP contribution in [-0.4, -0.2) is 4.98 Å². The van der Waals surface area contributed by atoms with Crippen LogP contribution in [0.4, 0.5) is 4.39 Å². The molecule has 0 radical (unpaired) electrons. The van der Waals surface area contributed by atoms with Gasteiger partial charge in [-0.1, -0.05) is 0 Å². The van der Waals surface area contributed by atoms with E-state index >= 15 is 0 Å². The van der Waals surface area contributed by atoms with E-state index in [1.165, 1.54) is 24.4 Å². The molecular weight excluding hydrogens is 287 g/mol. The van der Waals surface area contributed by atoms with Crippen molar-refractivity contribution in [3.63, 3.8) is 0 Å². The number of rotatable bonds is 2. The lowest BCUT2D eigenvalue weighted by molar-refractivity contribution is 0.469. The molecule has 1 aromatic carbocycles. The number of hydrogen-bond acceptors (Lipinski definition) is 3. The quantitative estimate of drug-likeness (QED) is 0.849. The lowest BCUT2D eigenvalue weighted by atomic mass is 10.3. The van der Waals surface area contributed by atoms with Crippen LogP contribution in [0.2, 0.25) is 0 Å². The molecule has 0 aliphatic carbocycles. The van der Waals surface area contributed by atoms with Gasteiger partial charge in [0.15, 0.2) is 11.4 Å². The van der Waals surface area contributed by atoms with Crippen LogP contribution in [0.1, 0.15) is 5.69 Å². The summed E-state index contributed by atoms with van der Waals surface area (Å²) in [7, 11) is 0. The maximum Gasteiger partial charge on any atom is 0.183 e. The van der Waals surface area contributed by atoms with Crippen LogP contribution in [0.3, 0.4) is 0 Å². The van der Waals surface area contributed by atoms with Gasteiger partial charge < -0.3 is 4.74 Å². The van der Waals surface area contributed by atoms with Crippen molar-refractivity contribution in [2.24, 2.45) is 0 Å². The molecular formula is C12H6BrFN2O. The SMILES string of the molecule is N#Cc1ncccc1Oc1cc(F)ccc1Br. The first kappa shape index (κ1) is 11.6. The molecule has 3 nitrogen and oxygen atoms in total. The summed E-state index contributed by atoms with van der Waals surface area (Å²) in [6, 6.07) is 9.23. The average Bonchev–Trinajstić information content (AvgIpc) is 2.34. The Morgan fingerprint density at radius 1 is 1.29 bits per heavy atom. The minimum atomic E-state index is -0.411. The van der Waals surface area contributed by atoms with Crippen molar-refractivity contribution in [2.45, 2.75) is 0 Å². The molecule has 0 bridgehead atoms. The predicted molar refractivity (Wildman–Crippen MR) is 63.1 cm³/mol. The van der Waals surface area contributed by atoms with Crippen molar-refractivity contribution in [1.29, 1.82) is 5.26 Å². The van der Waals surface area contributed by atoms with Gasteiger partial charge in [0, 0.05) is 12.3 Å². The Balaban J connectivity index is 2.38. The molecule has 0 N–H and O–H groups in total. The number of halogens is 2. The van der Waals surface area contributed by atoms with Gasteiger partial charge in [-0.05, 0) is 40.2 Å². The van der Waals surface area contributed by atoms with E-state index < -0.39 is 5.82 Å². The van der Waals surface area contributed by atoms with Gasteiger partial charge in [0.1, 0.15) is 17.6 Å². The van der Waals surface area contributed by atoms with Gasteiger partial charge in [-0.15, -0.1) is 0 Å². The first-order valence-corrected chi connectivity index (χ1v) is 5.48. The normalized spacial score (nSPS) is 9.71. The van der Waals surface area contributed by atoms with Crippen LogP contribution in [0, 0.1) is 17.1 Å². The second-order valence-electron chi connectivity index (χ2n) is 3.14. The first-order valence-electron chi connectivity index (χ1n) is 4.69. The Labute approximate surface area is 106 Å². The second-order valence-corrected chi connectivity index (χ2v) is 3.99. The van der Waals surface area contributed by atoms with Crippen molar-refractivity contribution in [3.05, 3.63) is 52.5 Å². The summed E-state index contributed by atoms with van der Waals surface area (Å²) in [4.78, 5) is 3.85. The van der Waals surface area contributed by atoms with Crippen molar-refractivity contribution >= 4 is 15.9 Å². The van der Waals surface area contributed by atoms with Gasteiger partial charge in [0.05, 0.1) is 4.47 Å². The molecule has 0 aliphatic heterocycles. The molecule has 2 rings (SSSR count). The van der Waals surface area contributed by atoms with E-state index in [9.17, 15) is 4.39 Å². The zero-order valence-corrected chi connectivity index (χ0v) is 10.1. The number of aromatic nitrogens is 1. The summed E-state index contributed by atoms with van der Waals surface area (Å²) in [5, 5.41) is 8.84. The maximum absolute atomic E-state index is 13.1. The Hall–Kier alpha value is -1.93. The van der Waals surface area contributed by atoms with Crippen molar-refractivity contribution in [2.75, 3.05) is 0 Å². The number of nitrogens with zero attached hydrogens (tertiary/aromatic N) is 2.